The summed E-state index contributed by atoms with van der Waals surface area (Å²) in [5.41, 5.74) is 8.51. The summed E-state index contributed by atoms with van der Waals surface area (Å²) in [6.07, 6.45) is 3.22. The molecule has 2 N–H and O–H groups in total. The first kappa shape index (κ1) is 14.6. The van der Waals surface area contributed by atoms with Crippen LogP contribution in [0.2, 0.25) is 0 Å². The molecule has 114 valence electrons. The molecule has 2 aromatic carbocycles. The molecule has 1 atom stereocenters. The summed E-state index contributed by atoms with van der Waals surface area (Å²) < 4.78 is 0. The zero-order valence-corrected chi connectivity index (χ0v) is 12.7. The second-order valence-electron chi connectivity index (χ2n) is 5.96. The summed E-state index contributed by atoms with van der Waals surface area (Å²) in [4.78, 5) is 14.6. The molecule has 1 aliphatic heterocycles. The Morgan fingerprint density at radius 1 is 1.00 bits per heavy atom. The fourth-order valence-electron chi connectivity index (χ4n) is 3.21. The Kier molecular flexibility index (Phi) is 4.42. The smallest absolute Gasteiger partial charge is 0.253 e. The van der Waals surface area contributed by atoms with Crippen LogP contribution >= 0.6 is 0 Å². The topological polar surface area (TPSA) is 46.3 Å². The van der Waals surface area contributed by atoms with E-state index in [-0.39, 0.29) is 5.91 Å². The van der Waals surface area contributed by atoms with Gasteiger partial charge in [0.05, 0.1) is 0 Å². The number of nitrogen functional groups attached to an aromatic ring is 1. The number of hydrogen-bond acceptors (Lipinski definition) is 2. The van der Waals surface area contributed by atoms with Gasteiger partial charge < -0.3 is 10.6 Å². The molecule has 3 nitrogen and oxygen atoms in total. The SMILES string of the molecule is Nc1cccc(C(=O)N2CCCC(c3ccccc3)CC2)c1. The van der Waals surface area contributed by atoms with Gasteiger partial charge in [0, 0.05) is 24.3 Å². The molecule has 1 fully saturated rings. The lowest BCUT2D eigenvalue weighted by Gasteiger charge is -2.21. The predicted octanol–water partition coefficient (Wildman–Crippen LogP) is 3.68. The minimum absolute atomic E-state index is 0.0982. The van der Waals surface area contributed by atoms with Gasteiger partial charge in [0.1, 0.15) is 0 Å². The molecule has 1 amide bonds. The molecule has 22 heavy (non-hydrogen) atoms. The van der Waals surface area contributed by atoms with Crippen molar-refractivity contribution in [3.8, 4) is 0 Å². The molecule has 1 aliphatic rings. The normalized spacial score (nSPS) is 18.7. The average Bonchev–Trinajstić information content (AvgIpc) is 2.81. The van der Waals surface area contributed by atoms with E-state index in [2.05, 4.69) is 30.3 Å². The van der Waals surface area contributed by atoms with Crippen LogP contribution in [0.15, 0.2) is 54.6 Å². The lowest BCUT2D eigenvalue weighted by atomic mass is 9.92. The first-order valence-electron chi connectivity index (χ1n) is 7.94. The van der Waals surface area contributed by atoms with Crippen molar-refractivity contribution in [1.82, 2.24) is 4.90 Å². The van der Waals surface area contributed by atoms with Gasteiger partial charge in [-0.15, -0.1) is 0 Å². The highest BCUT2D eigenvalue weighted by molar-refractivity contribution is 5.95. The van der Waals surface area contributed by atoms with Crippen molar-refractivity contribution in [2.45, 2.75) is 25.2 Å². The maximum absolute atomic E-state index is 12.6. The quantitative estimate of drug-likeness (QED) is 0.859. The van der Waals surface area contributed by atoms with E-state index in [1.807, 2.05) is 23.1 Å². The number of carbonyl (C=O) groups excluding carboxylic acids is 1. The zero-order valence-electron chi connectivity index (χ0n) is 12.7. The van der Waals surface area contributed by atoms with Gasteiger partial charge in [0.15, 0.2) is 0 Å². The van der Waals surface area contributed by atoms with Crippen LogP contribution < -0.4 is 5.73 Å². The van der Waals surface area contributed by atoms with Gasteiger partial charge in [-0.2, -0.15) is 0 Å². The van der Waals surface area contributed by atoms with Gasteiger partial charge >= 0.3 is 0 Å². The molecular weight excluding hydrogens is 272 g/mol. The number of anilines is 1. The first-order chi connectivity index (χ1) is 10.7. The van der Waals surface area contributed by atoms with E-state index >= 15 is 0 Å². The van der Waals surface area contributed by atoms with Gasteiger partial charge in [0.25, 0.3) is 5.91 Å². The number of rotatable bonds is 2. The minimum Gasteiger partial charge on any atom is -0.399 e. The van der Waals surface area contributed by atoms with Crippen LogP contribution in [0.4, 0.5) is 5.69 Å². The fourth-order valence-corrected chi connectivity index (χ4v) is 3.21. The van der Waals surface area contributed by atoms with Crippen LogP contribution in [0.1, 0.15) is 41.1 Å². The fraction of sp³-hybridized carbons (Fsp3) is 0.316. The third kappa shape index (κ3) is 3.30. The van der Waals surface area contributed by atoms with Crippen LogP contribution in [0.3, 0.4) is 0 Å². The number of nitrogens with zero attached hydrogens (tertiary/aromatic N) is 1. The molecule has 1 heterocycles. The maximum atomic E-state index is 12.6. The van der Waals surface area contributed by atoms with Crippen molar-refractivity contribution in [1.29, 1.82) is 0 Å². The summed E-state index contributed by atoms with van der Waals surface area (Å²) in [5, 5.41) is 0. The number of benzene rings is 2. The van der Waals surface area contributed by atoms with Crippen LogP contribution in [0, 0.1) is 0 Å². The Morgan fingerprint density at radius 3 is 2.59 bits per heavy atom. The molecule has 0 radical (unpaired) electrons. The van der Waals surface area contributed by atoms with Crippen molar-refractivity contribution in [3.05, 3.63) is 65.7 Å². The number of nitrogens with two attached hydrogens (primary N) is 1. The lowest BCUT2D eigenvalue weighted by molar-refractivity contribution is 0.0761. The highest BCUT2D eigenvalue weighted by Gasteiger charge is 2.22. The Bertz CT molecular complexity index is 639. The molecule has 1 saturated heterocycles. The van der Waals surface area contributed by atoms with Gasteiger partial charge in [-0.3, -0.25) is 4.79 Å². The zero-order chi connectivity index (χ0) is 15.4. The molecule has 1 unspecified atom stereocenters. The molecule has 3 heteroatoms. The molecule has 3 rings (SSSR count). The van der Waals surface area contributed by atoms with Gasteiger partial charge in [-0.1, -0.05) is 36.4 Å². The largest absolute Gasteiger partial charge is 0.399 e. The summed E-state index contributed by atoms with van der Waals surface area (Å²) in [7, 11) is 0. The van der Waals surface area contributed by atoms with Gasteiger partial charge in [0.2, 0.25) is 0 Å². The summed E-state index contributed by atoms with van der Waals surface area (Å²) in [6, 6.07) is 17.9. The summed E-state index contributed by atoms with van der Waals surface area (Å²) in [6.45, 7) is 1.64. The Balaban J connectivity index is 1.69. The molecule has 0 aromatic heterocycles. The predicted molar refractivity (Wildman–Crippen MR) is 89.8 cm³/mol. The van der Waals surface area contributed by atoms with E-state index in [1.165, 1.54) is 5.56 Å². The van der Waals surface area contributed by atoms with Crippen LogP contribution in [0.5, 0.6) is 0 Å². The number of hydrogen-bond donors (Lipinski definition) is 1. The third-order valence-electron chi connectivity index (χ3n) is 4.42. The van der Waals surface area contributed by atoms with E-state index < -0.39 is 0 Å². The number of carbonyl (C=O) groups is 1. The molecule has 0 bridgehead atoms. The summed E-state index contributed by atoms with van der Waals surface area (Å²) in [5.74, 6) is 0.654. The number of amides is 1. The first-order valence-corrected chi connectivity index (χ1v) is 7.94. The third-order valence-corrected chi connectivity index (χ3v) is 4.42. The Labute approximate surface area is 131 Å². The van der Waals surface area contributed by atoms with Crippen molar-refractivity contribution in [3.63, 3.8) is 0 Å². The highest BCUT2D eigenvalue weighted by atomic mass is 16.2. The van der Waals surface area contributed by atoms with Crippen molar-refractivity contribution in [2.24, 2.45) is 0 Å². The molecule has 2 aromatic rings. The highest BCUT2D eigenvalue weighted by Crippen LogP contribution is 2.28. The van der Waals surface area contributed by atoms with Crippen LogP contribution in [0.25, 0.3) is 0 Å². The van der Waals surface area contributed by atoms with Crippen molar-refractivity contribution < 1.29 is 4.79 Å². The van der Waals surface area contributed by atoms with Crippen LogP contribution in [-0.4, -0.2) is 23.9 Å². The molecule has 0 aliphatic carbocycles. The molecule has 0 saturated carbocycles. The minimum atomic E-state index is 0.0982. The van der Waals surface area contributed by atoms with Crippen molar-refractivity contribution >= 4 is 11.6 Å². The Morgan fingerprint density at radius 2 is 1.82 bits per heavy atom. The molecular formula is C19H22N2O. The van der Waals surface area contributed by atoms with Gasteiger partial charge in [-0.05, 0) is 48.9 Å². The Hall–Kier alpha value is -2.29. The van der Waals surface area contributed by atoms with E-state index in [0.29, 0.717) is 17.2 Å². The standard InChI is InChI=1S/C19H22N2O/c20-18-10-4-8-17(14-18)19(22)21-12-5-9-16(11-13-21)15-6-2-1-3-7-15/h1-4,6-8,10,14,16H,5,9,11-13,20H2. The summed E-state index contributed by atoms with van der Waals surface area (Å²) >= 11 is 0. The van der Waals surface area contributed by atoms with Crippen molar-refractivity contribution in [2.75, 3.05) is 18.8 Å². The van der Waals surface area contributed by atoms with E-state index in [4.69, 9.17) is 5.73 Å². The van der Waals surface area contributed by atoms with Crippen LogP contribution in [-0.2, 0) is 0 Å². The monoisotopic (exact) mass is 294 g/mol. The van der Waals surface area contributed by atoms with E-state index in [9.17, 15) is 4.79 Å². The molecule has 0 spiro atoms. The second-order valence-corrected chi connectivity index (χ2v) is 5.96. The van der Waals surface area contributed by atoms with E-state index in [1.54, 1.807) is 6.07 Å². The average molecular weight is 294 g/mol. The second kappa shape index (κ2) is 6.65. The maximum Gasteiger partial charge on any atom is 0.253 e. The van der Waals surface area contributed by atoms with E-state index in [0.717, 1.165) is 32.4 Å². The number of likely N-dealkylation sites (tertiary alicyclic amines) is 1. The van der Waals surface area contributed by atoms with Gasteiger partial charge in [-0.25, -0.2) is 0 Å². The lowest BCUT2D eigenvalue weighted by Crippen LogP contribution is -2.32.